The Kier molecular flexibility index (Phi) is 6.97. The molecule has 1 saturated heterocycles. The van der Waals surface area contributed by atoms with Crippen LogP contribution in [0.5, 0.6) is 0 Å². The number of pyridine rings is 1. The molecule has 9 nitrogen and oxygen atoms in total. The highest BCUT2D eigenvalue weighted by atomic mass is 16.5. The molecule has 0 unspecified atom stereocenters. The number of aromatic nitrogens is 1. The summed E-state index contributed by atoms with van der Waals surface area (Å²) in [6, 6.07) is 10.1. The number of nitrogens with one attached hydrogen (secondary N) is 1. The number of carbonyl (C=O) groups is 3. The molecule has 0 spiro atoms. The first kappa shape index (κ1) is 21.3. The van der Waals surface area contributed by atoms with E-state index in [1.54, 1.807) is 6.20 Å². The summed E-state index contributed by atoms with van der Waals surface area (Å²) < 4.78 is 9.42. The number of piperazine rings is 1. The largest absolute Gasteiger partial charge is 0.465 e. The number of amides is 1. The van der Waals surface area contributed by atoms with E-state index in [1.165, 1.54) is 32.4 Å². The van der Waals surface area contributed by atoms with Crippen LogP contribution >= 0.6 is 0 Å². The Bertz CT molecular complexity index is 877. The fourth-order valence-electron chi connectivity index (χ4n) is 3.25. The van der Waals surface area contributed by atoms with Gasteiger partial charge in [0.1, 0.15) is 5.82 Å². The van der Waals surface area contributed by atoms with E-state index in [1.807, 2.05) is 23.1 Å². The summed E-state index contributed by atoms with van der Waals surface area (Å²) in [6.45, 7) is 3.19. The molecule has 2 aromatic rings. The van der Waals surface area contributed by atoms with Crippen LogP contribution in [0.25, 0.3) is 0 Å². The second-order valence-corrected chi connectivity index (χ2v) is 6.78. The van der Waals surface area contributed by atoms with E-state index in [-0.39, 0.29) is 23.6 Å². The average molecular weight is 412 g/mol. The zero-order valence-electron chi connectivity index (χ0n) is 17.0. The Morgan fingerprint density at radius 2 is 1.60 bits per heavy atom. The van der Waals surface area contributed by atoms with Gasteiger partial charge in [-0.25, -0.2) is 14.6 Å². The van der Waals surface area contributed by atoms with Gasteiger partial charge in [-0.3, -0.25) is 9.69 Å². The van der Waals surface area contributed by atoms with Gasteiger partial charge in [-0.1, -0.05) is 6.07 Å². The lowest BCUT2D eigenvalue weighted by molar-refractivity contribution is -0.117. The van der Waals surface area contributed by atoms with Crippen LogP contribution < -0.4 is 10.2 Å². The monoisotopic (exact) mass is 412 g/mol. The minimum atomic E-state index is -0.609. The number of rotatable bonds is 6. The van der Waals surface area contributed by atoms with Crippen molar-refractivity contribution in [1.82, 2.24) is 9.88 Å². The molecule has 1 amide bonds. The Hall–Kier alpha value is -3.46. The topological polar surface area (TPSA) is 101 Å². The lowest BCUT2D eigenvalue weighted by atomic mass is 10.1. The molecule has 3 rings (SSSR count). The predicted molar refractivity (Wildman–Crippen MR) is 111 cm³/mol. The van der Waals surface area contributed by atoms with Crippen molar-refractivity contribution in [2.75, 3.05) is 57.2 Å². The maximum Gasteiger partial charge on any atom is 0.337 e. The number of methoxy groups -OCH3 is 2. The minimum absolute atomic E-state index is 0.152. The summed E-state index contributed by atoms with van der Waals surface area (Å²) in [6.07, 6.45) is 1.76. The SMILES string of the molecule is COC(=O)c1cc(NC(=O)CN2CCN(c3ccccn3)CC2)cc(C(=O)OC)c1. The molecule has 0 atom stereocenters. The Morgan fingerprint density at radius 1 is 0.967 bits per heavy atom. The van der Waals surface area contributed by atoms with Crippen LogP contribution in [0.4, 0.5) is 11.5 Å². The third-order valence-corrected chi connectivity index (χ3v) is 4.77. The van der Waals surface area contributed by atoms with Crippen molar-refractivity contribution in [1.29, 1.82) is 0 Å². The molecule has 0 aliphatic carbocycles. The van der Waals surface area contributed by atoms with Gasteiger partial charge in [0.2, 0.25) is 5.91 Å². The first-order valence-electron chi connectivity index (χ1n) is 9.50. The smallest absolute Gasteiger partial charge is 0.337 e. The van der Waals surface area contributed by atoms with E-state index >= 15 is 0 Å². The molecule has 9 heteroatoms. The third kappa shape index (κ3) is 5.32. The first-order chi connectivity index (χ1) is 14.5. The lowest BCUT2D eigenvalue weighted by Gasteiger charge is -2.34. The highest BCUT2D eigenvalue weighted by Crippen LogP contribution is 2.18. The van der Waals surface area contributed by atoms with E-state index in [0.29, 0.717) is 5.69 Å². The zero-order chi connectivity index (χ0) is 21.5. The second kappa shape index (κ2) is 9.84. The summed E-state index contributed by atoms with van der Waals surface area (Å²) in [5.41, 5.74) is 0.634. The number of esters is 2. The molecule has 0 radical (unpaired) electrons. The van der Waals surface area contributed by atoms with E-state index in [0.717, 1.165) is 32.0 Å². The number of benzene rings is 1. The summed E-state index contributed by atoms with van der Waals surface area (Å²) in [7, 11) is 2.49. The van der Waals surface area contributed by atoms with Crippen molar-refractivity contribution in [3.8, 4) is 0 Å². The van der Waals surface area contributed by atoms with Gasteiger partial charge in [0, 0.05) is 38.1 Å². The highest BCUT2D eigenvalue weighted by Gasteiger charge is 2.20. The predicted octanol–water partition coefficient (Wildman–Crippen LogP) is 1.42. The summed E-state index contributed by atoms with van der Waals surface area (Å²) in [4.78, 5) is 44.8. The molecule has 2 heterocycles. The van der Waals surface area contributed by atoms with Crippen molar-refractivity contribution in [3.63, 3.8) is 0 Å². The molecule has 1 aliphatic heterocycles. The van der Waals surface area contributed by atoms with Crippen LogP contribution in [0.1, 0.15) is 20.7 Å². The molecular weight excluding hydrogens is 388 g/mol. The zero-order valence-corrected chi connectivity index (χ0v) is 17.0. The number of hydrogen-bond acceptors (Lipinski definition) is 8. The molecule has 1 aromatic carbocycles. The minimum Gasteiger partial charge on any atom is -0.465 e. The van der Waals surface area contributed by atoms with Crippen molar-refractivity contribution in [3.05, 3.63) is 53.7 Å². The molecule has 1 N–H and O–H groups in total. The molecule has 0 bridgehead atoms. The van der Waals surface area contributed by atoms with Crippen molar-refractivity contribution >= 4 is 29.4 Å². The first-order valence-corrected chi connectivity index (χ1v) is 9.50. The van der Waals surface area contributed by atoms with Gasteiger partial charge in [-0.2, -0.15) is 0 Å². The Labute approximate surface area is 174 Å². The van der Waals surface area contributed by atoms with Crippen LogP contribution in [0, 0.1) is 0 Å². The maximum atomic E-state index is 12.5. The van der Waals surface area contributed by atoms with E-state index in [9.17, 15) is 14.4 Å². The third-order valence-electron chi connectivity index (χ3n) is 4.77. The summed E-state index contributed by atoms with van der Waals surface area (Å²) >= 11 is 0. The van der Waals surface area contributed by atoms with Gasteiger partial charge in [0.25, 0.3) is 0 Å². The van der Waals surface area contributed by atoms with E-state index < -0.39 is 11.9 Å². The molecule has 158 valence electrons. The van der Waals surface area contributed by atoms with Gasteiger partial charge in [0.05, 0.1) is 31.9 Å². The van der Waals surface area contributed by atoms with Crippen molar-refractivity contribution < 1.29 is 23.9 Å². The molecule has 1 aliphatic rings. The molecule has 0 saturated carbocycles. The Morgan fingerprint density at radius 3 is 2.13 bits per heavy atom. The van der Waals surface area contributed by atoms with Gasteiger partial charge in [-0.05, 0) is 30.3 Å². The van der Waals surface area contributed by atoms with Crippen molar-refractivity contribution in [2.45, 2.75) is 0 Å². The average Bonchev–Trinajstić information content (AvgIpc) is 2.78. The summed E-state index contributed by atoms with van der Waals surface area (Å²) in [5, 5.41) is 2.75. The fourth-order valence-corrected chi connectivity index (χ4v) is 3.25. The normalized spacial score (nSPS) is 14.1. The van der Waals surface area contributed by atoms with E-state index in [2.05, 4.69) is 15.2 Å². The number of carbonyl (C=O) groups excluding carboxylic acids is 3. The molecule has 1 aromatic heterocycles. The quantitative estimate of drug-likeness (QED) is 0.711. The van der Waals surface area contributed by atoms with Gasteiger partial charge >= 0.3 is 11.9 Å². The van der Waals surface area contributed by atoms with Gasteiger partial charge in [0.15, 0.2) is 0 Å². The Balaban J connectivity index is 1.60. The van der Waals surface area contributed by atoms with E-state index in [4.69, 9.17) is 9.47 Å². The van der Waals surface area contributed by atoms with Gasteiger partial charge in [-0.15, -0.1) is 0 Å². The highest BCUT2D eigenvalue weighted by molar-refractivity contribution is 5.99. The number of nitrogens with zero attached hydrogens (tertiary/aromatic N) is 3. The van der Waals surface area contributed by atoms with Gasteiger partial charge < -0.3 is 19.7 Å². The number of hydrogen-bond donors (Lipinski definition) is 1. The van der Waals surface area contributed by atoms with Crippen LogP contribution in [0.2, 0.25) is 0 Å². The summed E-state index contributed by atoms with van der Waals surface area (Å²) in [5.74, 6) is -0.528. The van der Waals surface area contributed by atoms with Crippen molar-refractivity contribution in [2.24, 2.45) is 0 Å². The van der Waals surface area contributed by atoms with Crippen LogP contribution in [0.15, 0.2) is 42.6 Å². The number of anilines is 2. The second-order valence-electron chi connectivity index (χ2n) is 6.78. The lowest BCUT2D eigenvalue weighted by Crippen LogP contribution is -2.48. The van der Waals surface area contributed by atoms with Crippen LogP contribution in [0.3, 0.4) is 0 Å². The maximum absolute atomic E-state index is 12.5. The van der Waals surface area contributed by atoms with Crippen LogP contribution in [-0.2, 0) is 14.3 Å². The number of ether oxygens (including phenoxy) is 2. The molecular formula is C21H24N4O5. The fraction of sp³-hybridized carbons (Fsp3) is 0.333. The van der Waals surface area contributed by atoms with Crippen LogP contribution in [-0.4, -0.2) is 74.7 Å². The molecule has 30 heavy (non-hydrogen) atoms. The standard InChI is InChI=1S/C21H24N4O5/c1-29-20(27)15-11-16(21(28)30-2)13-17(12-15)23-19(26)14-24-7-9-25(10-8-24)18-5-3-4-6-22-18/h3-6,11-13H,7-10,14H2,1-2H3,(H,23,26). The molecule has 1 fully saturated rings.